The molecule has 0 radical (unpaired) electrons. The molecule has 2 aliphatic heterocycles. The largest absolute Gasteiger partial charge is 0.478 e. The fraction of sp³-hybridized carbons (Fsp3) is 0.312. The number of pyridine rings is 1. The van der Waals surface area contributed by atoms with Crippen molar-refractivity contribution in [3.63, 3.8) is 0 Å². The number of furan rings is 1. The van der Waals surface area contributed by atoms with E-state index in [-0.39, 0.29) is 61.1 Å². The Kier molecular flexibility index (Phi) is 25.2. The molecule has 1 fully saturated rings. The average molecular weight is 1680 g/mol. The van der Waals surface area contributed by atoms with Gasteiger partial charge in [-0.2, -0.15) is 0 Å². The molecule has 5 N–H and O–H groups in total. The summed E-state index contributed by atoms with van der Waals surface area (Å²) in [4.78, 5) is 118. The Morgan fingerprint density at radius 2 is 0.823 bits per heavy atom. The van der Waals surface area contributed by atoms with Crippen LogP contribution in [0.3, 0.4) is 0 Å². The van der Waals surface area contributed by atoms with E-state index in [1.807, 2.05) is 105 Å². The third-order valence-corrected chi connectivity index (χ3v) is 22.3. The minimum Gasteiger partial charge on any atom is -0.478 e. The van der Waals surface area contributed by atoms with Crippen LogP contribution in [0.1, 0.15) is 138 Å². The first kappa shape index (κ1) is 86.2. The molecule has 0 amide bonds. The minimum atomic E-state index is -0.977. The molecule has 7 aliphatic rings. The van der Waals surface area contributed by atoms with Gasteiger partial charge in [-0.25, -0.2) is 78.2 Å². The van der Waals surface area contributed by atoms with E-state index in [1.54, 1.807) is 48.8 Å². The summed E-state index contributed by atoms with van der Waals surface area (Å²) in [7, 11) is 7.80. The van der Waals surface area contributed by atoms with Gasteiger partial charge >= 0.3 is 29.8 Å². The summed E-state index contributed by atoms with van der Waals surface area (Å²) in [6.07, 6.45) is 13.0. The van der Waals surface area contributed by atoms with E-state index in [0.29, 0.717) is 146 Å². The van der Waals surface area contributed by atoms with Crippen molar-refractivity contribution in [2.45, 2.75) is 131 Å². The van der Waals surface area contributed by atoms with Crippen molar-refractivity contribution in [3.8, 4) is 56.7 Å². The third-order valence-electron chi connectivity index (χ3n) is 22.3. The number of carboxylic acids is 5. The van der Waals surface area contributed by atoms with Gasteiger partial charge in [-0.1, -0.05) is 50.2 Å². The summed E-state index contributed by atoms with van der Waals surface area (Å²) in [5, 5.41) is 49.1. The topological polar surface area (TPSA) is 385 Å². The number of fused-ring (bicyclic) bond motifs is 8. The van der Waals surface area contributed by atoms with Crippen molar-refractivity contribution in [1.29, 1.82) is 0 Å². The van der Waals surface area contributed by atoms with E-state index < -0.39 is 29.8 Å². The molecule has 0 saturated carbocycles. The lowest BCUT2D eigenvalue weighted by atomic mass is 10.0. The molecule has 7 aromatic heterocycles. The molecule has 30 nitrogen and oxygen atoms in total. The Bertz CT molecular complexity index is 6230. The lowest BCUT2D eigenvalue weighted by molar-refractivity contribution is -0.133. The second kappa shape index (κ2) is 36.2. The SMILES string of the molecule is CC(C)N(C)c1nc2c(nc1-c1cc3cc(F)ccc3o1)C=C(C(=O)O)C2.CC(C)N(C)c1nc2c(nc1-c1ccc3c(c1)OCO3)C=C(C(=O)O)C2.CC(C)N(C)c1nc2c(nc1-c1ccc3ccccc3c1)C=C(C(=O)O)C2.CC(C)N(C)c1nc2c(nc1-c1cccnc1)C=C(C(=O)O)C2.CC(C)c1nc2c(nc1N1CCOCC1)CC(C(=O)O)=C2. The van der Waals surface area contributed by atoms with E-state index in [2.05, 4.69) is 114 Å². The van der Waals surface area contributed by atoms with Crippen LogP contribution in [0.4, 0.5) is 33.5 Å². The Morgan fingerprint density at radius 3 is 1.27 bits per heavy atom. The molecule has 31 heteroatoms. The molecule has 0 bridgehead atoms. The maximum atomic E-state index is 13.5. The fourth-order valence-electron chi connectivity index (χ4n) is 14.4. The number of morpholine rings is 1. The molecule has 18 rings (SSSR count). The summed E-state index contributed by atoms with van der Waals surface area (Å²) in [5.41, 5.74) is 15.1. The van der Waals surface area contributed by atoms with Crippen LogP contribution in [0, 0.1) is 5.82 Å². The highest BCUT2D eigenvalue weighted by molar-refractivity contribution is 5.99. The van der Waals surface area contributed by atoms with Gasteiger partial charge in [0.05, 0.1) is 75.8 Å². The number of benzene rings is 4. The number of aromatic nitrogens is 11. The lowest BCUT2D eigenvalue weighted by Crippen LogP contribution is -2.38. The first-order valence-corrected chi connectivity index (χ1v) is 40.7. The Balaban J connectivity index is 0.000000127. The van der Waals surface area contributed by atoms with Crippen molar-refractivity contribution in [1.82, 2.24) is 54.8 Å². The van der Waals surface area contributed by atoms with Gasteiger partial charge < -0.3 is 68.7 Å². The van der Waals surface area contributed by atoms with Gasteiger partial charge in [-0.15, -0.1) is 0 Å². The van der Waals surface area contributed by atoms with Gasteiger partial charge in [0.15, 0.2) is 46.3 Å². The average Bonchev–Trinajstić information content (AvgIpc) is 1.60. The normalized spacial score (nSPS) is 14.1. The smallest absolute Gasteiger partial charge is 0.332 e. The van der Waals surface area contributed by atoms with E-state index in [9.17, 15) is 48.8 Å². The predicted octanol–water partition coefficient (Wildman–Crippen LogP) is 14.7. The zero-order valence-corrected chi connectivity index (χ0v) is 71.2. The van der Waals surface area contributed by atoms with E-state index in [1.165, 1.54) is 23.6 Å². The number of hydrogen-bond acceptors (Lipinski definition) is 25. The Morgan fingerprint density at radius 1 is 0.411 bits per heavy atom. The van der Waals surface area contributed by atoms with Gasteiger partial charge in [0.25, 0.3) is 0 Å². The number of rotatable bonds is 19. The minimum absolute atomic E-state index is 0.145. The van der Waals surface area contributed by atoms with Gasteiger partial charge in [0.2, 0.25) is 6.79 Å². The fourth-order valence-corrected chi connectivity index (χ4v) is 14.4. The van der Waals surface area contributed by atoms with Crippen molar-refractivity contribution in [2.75, 3.05) is 85.8 Å². The lowest BCUT2D eigenvalue weighted by Gasteiger charge is -2.30. The van der Waals surface area contributed by atoms with E-state index in [0.717, 1.165) is 86.9 Å². The second-order valence-electron chi connectivity index (χ2n) is 32.2. The molecule has 638 valence electrons. The van der Waals surface area contributed by atoms with Crippen LogP contribution < -0.4 is 34.0 Å². The van der Waals surface area contributed by atoms with Gasteiger partial charge in [-0.05, 0) is 163 Å². The molecule has 5 aliphatic carbocycles. The van der Waals surface area contributed by atoms with Crippen molar-refractivity contribution >= 4 is 111 Å². The van der Waals surface area contributed by atoms with Crippen molar-refractivity contribution in [3.05, 3.63) is 206 Å². The molecular weight excluding hydrogens is 1580 g/mol. The molecule has 11 aromatic rings. The summed E-state index contributed by atoms with van der Waals surface area (Å²) in [5.74, 6) is 0.805. The van der Waals surface area contributed by atoms with Crippen LogP contribution in [-0.2, 0) is 60.8 Å². The van der Waals surface area contributed by atoms with Crippen LogP contribution in [0.2, 0.25) is 0 Å². The quantitative estimate of drug-likeness (QED) is 0.0502. The number of hydrogen-bond donors (Lipinski definition) is 5. The monoisotopic (exact) mass is 1680 g/mol. The highest BCUT2D eigenvalue weighted by Crippen LogP contribution is 2.43. The molecule has 0 spiro atoms. The maximum Gasteiger partial charge on any atom is 0.332 e. The number of nitrogens with zero attached hydrogens (tertiary/aromatic N) is 16. The summed E-state index contributed by atoms with van der Waals surface area (Å²) in [6, 6.07) is 30.7. The predicted molar refractivity (Wildman–Crippen MR) is 471 cm³/mol. The zero-order chi connectivity index (χ0) is 88.4. The molecule has 0 atom stereocenters. The highest BCUT2D eigenvalue weighted by Gasteiger charge is 2.33. The zero-order valence-electron chi connectivity index (χ0n) is 71.2. The van der Waals surface area contributed by atoms with Crippen LogP contribution >= 0.6 is 0 Å². The van der Waals surface area contributed by atoms with Crippen LogP contribution in [0.25, 0.3) is 97.3 Å². The number of ether oxygens (including phenoxy) is 3. The third kappa shape index (κ3) is 18.5. The van der Waals surface area contributed by atoms with Gasteiger partial charge in [0, 0.05) is 160 Å². The van der Waals surface area contributed by atoms with Crippen LogP contribution in [-0.4, -0.2) is 196 Å². The van der Waals surface area contributed by atoms with Crippen LogP contribution in [0.5, 0.6) is 11.5 Å². The number of aliphatic carboxylic acids is 5. The Hall–Kier alpha value is -14.2. The van der Waals surface area contributed by atoms with Gasteiger partial charge in [-0.3, -0.25) is 4.98 Å². The Labute approximate surface area is 714 Å². The molecular formula is C93H95FN16O14. The molecule has 124 heavy (non-hydrogen) atoms. The van der Waals surface area contributed by atoms with E-state index >= 15 is 0 Å². The number of carboxylic acid groups (broad SMARTS) is 5. The second-order valence-corrected chi connectivity index (χ2v) is 32.2. The first-order valence-electron chi connectivity index (χ1n) is 40.7. The van der Waals surface area contributed by atoms with Gasteiger partial charge in [0.1, 0.15) is 34.2 Å². The molecule has 0 unspecified atom stereocenters. The first-order chi connectivity index (χ1) is 59.2. The highest BCUT2D eigenvalue weighted by atomic mass is 19.1. The number of carbonyl (C=O) groups is 5. The van der Waals surface area contributed by atoms with E-state index in [4.69, 9.17) is 53.6 Å². The summed E-state index contributed by atoms with van der Waals surface area (Å²) >= 11 is 0. The number of anilines is 5. The standard InChI is InChI=1S/C22H21N3O2.C20H18FN3O3.C19H19N3O4.C17H18N4O2.C15H19N3O3/c1-13(2)25(3)21-20(16-9-8-14-6-4-5-7-15(14)10-16)23-18-11-17(22(26)27)12-19(18)24-21;1-10(2)24(3)19-18(17-9-11-6-13(21)4-5-16(11)27-17)22-14-7-12(20(25)26)8-15(14)23-19;1-10(2)22(3)18-17(11-4-5-15-16(8-11)26-9-25-15)20-13-6-12(19(23)24)7-14(13)21-18;1-10(2)21(3)16-15(11-5-4-6-18-9-11)19-13-7-12(17(22)23)8-14(13)20-16;1-9(2)13-14(18-3-5-21-6-4-18)17-12-8-10(15(19)20)7-11(12)16-13/h4-11,13H,12H2,1-3H3,(H,26,27);4-7,9-10H,8H2,1-3H3,(H,25,26);4-6,8,10H,7,9H2,1-3H3,(H,23,24);4-7,9-10H,8H2,1-3H3,(H,22,23);7,9H,3-6,8H2,1-2H3,(H,19,20). The van der Waals surface area contributed by atoms with Crippen LogP contribution in [0.15, 0.2) is 142 Å². The number of halogens is 1. The molecule has 1 saturated heterocycles. The van der Waals surface area contributed by atoms with Crippen molar-refractivity contribution < 1.29 is 72.5 Å². The van der Waals surface area contributed by atoms with Crippen molar-refractivity contribution in [2.24, 2.45) is 0 Å². The summed E-state index contributed by atoms with van der Waals surface area (Å²) < 4.78 is 35.6. The maximum absolute atomic E-state index is 13.5. The summed E-state index contributed by atoms with van der Waals surface area (Å²) in [6.45, 7) is 23.9. The molecule has 4 aromatic carbocycles. The molecule has 9 heterocycles.